The first kappa shape index (κ1) is 15.4. The number of carbonyl (C=O) groups excluding carboxylic acids is 2. The van der Waals surface area contributed by atoms with Crippen LogP contribution in [-0.4, -0.2) is 30.0 Å². The van der Waals surface area contributed by atoms with Crippen molar-refractivity contribution < 1.29 is 23.1 Å². The molecule has 104 valence electrons. The van der Waals surface area contributed by atoms with Gasteiger partial charge in [-0.15, -0.1) is 11.8 Å². The molecule has 0 aliphatic carbocycles. The summed E-state index contributed by atoms with van der Waals surface area (Å²) in [5, 5.41) is 2.34. The molecule has 0 aliphatic rings. The quantitative estimate of drug-likeness (QED) is 0.816. The lowest BCUT2D eigenvalue weighted by molar-refractivity contribution is -0.139. The highest BCUT2D eigenvalue weighted by molar-refractivity contribution is 8.00. The van der Waals surface area contributed by atoms with E-state index in [1.807, 2.05) is 0 Å². The van der Waals surface area contributed by atoms with Gasteiger partial charge in [-0.05, 0) is 19.1 Å². The number of rotatable bonds is 6. The lowest BCUT2D eigenvalue weighted by Gasteiger charge is -2.05. The van der Waals surface area contributed by atoms with Crippen molar-refractivity contribution in [2.45, 2.75) is 6.92 Å². The molecule has 0 saturated heterocycles. The molecule has 4 nitrogen and oxygen atoms in total. The maximum Gasteiger partial charge on any atom is 0.315 e. The van der Waals surface area contributed by atoms with Gasteiger partial charge < -0.3 is 10.1 Å². The van der Waals surface area contributed by atoms with E-state index in [0.717, 1.165) is 23.9 Å². The van der Waals surface area contributed by atoms with Crippen molar-refractivity contribution in [1.82, 2.24) is 0 Å². The molecule has 7 heteroatoms. The van der Waals surface area contributed by atoms with E-state index in [4.69, 9.17) is 0 Å². The van der Waals surface area contributed by atoms with Crippen LogP contribution in [0.25, 0.3) is 0 Å². The SMILES string of the molecule is CCOC(=O)CSCC(=O)Nc1cc(F)cc(F)c1. The van der Waals surface area contributed by atoms with Gasteiger partial charge in [-0.1, -0.05) is 0 Å². The molecule has 0 aromatic heterocycles. The summed E-state index contributed by atoms with van der Waals surface area (Å²) in [7, 11) is 0. The summed E-state index contributed by atoms with van der Waals surface area (Å²) in [5.41, 5.74) is 0.0410. The molecule has 1 rings (SSSR count). The normalized spacial score (nSPS) is 10.1. The number of benzene rings is 1. The molecule has 0 saturated carbocycles. The van der Waals surface area contributed by atoms with Gasteiger partial charge in [0.15, 0.2) is 0 Å². The molecule has 1 N–H and O–H groups in total. The molecular formula is C12H13F2NO3S. The molecule has 1 aromatic rings. The van der Waals surface area contributed by atoms with Crippen LogP contribution in [0.4, 0.5) is 14.5 Å². The van der Waals surface area contributed by atoms with Crippen molar-refractivity contribution in [2.24, 2.45) is 0 Å². The van der Waals surface area contributed by atoms with Gasteiger partial charge in [0.2, 0.25) is 5.91 Å². The molecule has 0 heterocycles. The first-order valence-electron chi connectivity index (χ1n) is 5.50. The molecule has 0 bridgehead atoms. The number of anilines is 1. The Kier molecular flexibility index (Phi) is 6.27. The van der Waals surface area contributed by atoms with Crippen LogP contribution in [0.3, 0.4) is 0 Å². The van der Waals surface area contributed by atoms with Crippen LogP contribution in [0.1, 0.15) is 6.92 Å². The molecule has 0 fully saturated rings. The van der Waals surface area contributed by atoms with Gasteiger partial charge in [0.25, 0.3) is 0 Å². The van der Waals surface area contributed by atoms with E-state index in [-0.39, 0.29) is 23.8 Å². The highest BCUT2D eigenvalue weighted by Crippen LogP contribution is 2.13. The molecule has 0 unspecified atom stereocenters. The monoisotopic (exact) mass is 289 g/mol. The Hall–Kier alpha value is -1.63. The predicted octanol–water partition coefficient (Wildman–Crippen LogP) is 2.20. The lowest BCUT2D eigenvalue weighted by atomic mass is 10.3. The smallest absolute Gasteiger partial charge is 0.315 e. The van der Waals surface area contributed by atoms with Crippen LogP contribution < -0.4 is 5.32 Å². The van der Waals surface area contributed by atoms with Crippen LogP contribution in [0.5, 0.6) is 0 Å². The maximum atomic E-state index is 12.9. The van der Waals surface area contributed by atoms with Gasteiger partial charge in [-0.3, -0.25) is 9.59 Å². The summed E-state index contributed by atoms with van der Waals surface area (Å²) < 4.78 is 30.4. The molecule has 19 heavy (non-hydrogen) atoms. The number of nitrogens with one attached hydrogen (secondary N) is 1. The number of hydrogen-bond acceptors (Lipinski definition) is 4. The topological polar surface area (TPSA) is 55.4 Å². The Morgan fingerprint density at radius 1 is 1.21 bits per heavy atom. The summed E-state index contributed by atoms with van der Waals surface area (Å²) in [6.07, 6.45) is 0. The van der Waals surface area contributed by atoms with Crippen molar-refractivity contribution >= 4 is 29.3 Å². The second kappa shape index (κ2) is 7.73. The van der Waals surface area contributed by atoms with Gasteiger partial charge in [-0.2, -0.15) is 0 Å². The average molecular weight is 289 g/mol. The van der Waals surface area contributed by atoms with E-state index >= 15 is 0 Å². The Balaban J connectivity index is 2.37. The van der Waals surface area contributed by atoms with Crippen molar-refractivity contribution in [3.63, 3.8) is 0 Å². The molecule has 1 amide bonds. The van der Waals surface area contributed by atoms with E-state index in [9.17, 15) is 18.4 Å². The molecule has 0 aliphatic heterocycles. The van der Waals surface area contributed by atoms with Crippen LogP contribution in [0.15, 0.2) is 18.2 Å². The molecule has 0 atom stereocenters. The zero-order chi connectivity index (χ0) is 14.3. The fourth-order valence-corrected chi connectivity index (χ4v) is 1.86. The minimum absolute atomic E-state index is 0.00303. The predicted molar refractivity (Wildman–Crippen MR) is 68.9 cm³/mol. The average Bonchev–Trinajstić information content (AvgIpc) is 2.27. The van der Waals surface area contributed by atoms with Crippen molar-refractivity contribution in [3.8, 4) is 0 Å². The fraction of sp³-hybridized carbons (Fsp3) is 0.333. The second-order valence-electron chi connectivity index (χ2n) is 3.50. The van der Waals surface area contributed by atoms with Gasteiger partial charge in [0, 0.05) is 11.8 Å². The summed E-state index contributed by atoms with van der Waals surface area (Å²) in [6.45, 7) is 1.97. The van der Waals surface area contributed by atoms with Crippen LogP contribution >= 0.6 is 11.8 Å². The summed E-state index contributed by atoms with van der Waals surface area (Å²) in [4.78, 5) is 22.4. The first-order valence-corrected chi connectivity index (χ1v) is 6.66. The third-order valence-electron chi connectivity index (χ3n) is 1.90. The minimum atomic E-state index is -0.769. The largest absolute Gasteiger partial charge is 0.465 e. The Labute approximate surface area is 113 Å². The van der Waals surface area contributed by atoms with Crippen LogP contribution in [0.2, 0.25) is 0 Å². The highest BCUT2D eigenvalue weighted by atomic mass is 32.2. The number of hydrogen-bond donors (Lipinski definition) is 1. The number of halogens is 2. The maximum absolute atomic E-state index is 12.9. The standard InChI is InChI=1S/C12H13F2NO3S/c1-2-18-12(17)7-19-6-11(16)15-10-4-8(13)3-9(14)5-10/h3-5H,2,6-7H2,1H3,(H,15,16). The van der Waals surface area contributed by atoms with Crippen molar-refractivity contribution in [2.75, 3.05) is 23.4 Å². The van der Waals surface area contributed by atoms with Crippen LogP contribution in [-0.2, 0) is 14.3 Å². The summed E-state index contributed by atoms with van der Waals surface area (Å²) in [5.74, 6) is -2.34. The molecule has 0 spiro atoms. The fourth-order valence-electron chi connectivity index (χ4n) is 1.25. The van der Waals surface area contributed by atoms with E-state index in [1.165, 1.54) is 0 Å². The number of ether oxygens (including phenoxy) is 1. The summed E-state index contributed by atoms with van der Waals surface area (Å²) >= 11 is 1.06. The van der Waals surface area contributed by atoms with E-state index in [0.29, 0.717) is 6.07 Å². The Bertz CT molecular complexity index is 448. The van der Waals surface area contributed by atoms with Gasteiger partial charge >= 0.3 is 5.97 Å². The number of esters is 1. The Morgan fingerprint density at radius 2 is 1.84 bits per heavy atom. The second-order valence-corrected chi connectivity index (χ2v) is 4.49. The zero-order valence-corrected chi connectivity index (χ0v) is 11.1. The number of amides is 1. The van der Waals surface area contributed by atoms with Crippen molar-refractivity contribution in [3.05, 3.63) is 29.8 Å². The third kappa shape index (κ3) is 6.19. The summed E-state index contributed by atoms with van der Waals surface area (Å²) in [6, 6.07) is 2.74. The molecule has 1 aromatic carbocycles. The Morgan fingerprint density at radius 3 is 2.42 bits per heavy atom. The highest BCUT2D eigenvalue weighted by Gasteiger charge is 2.08. The lowest BCUT2D eigenvalue weighted by Crippen LogP contribution is -2.16. The molecular weight excluding hydrogens is 276 g/mol. The van der Waals surface area contributed by atoms with Gasteiger partial charge in [-0.25, -0.2) is 8.78 Å². The first-order chi connectivity index (χ1) is 9.01. The minimum Gasteiger partial charge on any atom is -0.465 e. The van der Waals surface area contributed by atoms with E-state index < -0.39 is 23.5 Å². The van der Waals surface area contributed by atoms with Gasteiger partial charge in [0.05, 0.1) is 18.1 Å². The van der Waals surface area contributed by atoms with Crippen molar-refractivity contribution in [1.29, 1.82) is 0 Å². The number of carbonyl (C=O) groups is 2. The number of thioether (sulfide) groups is 1. The van der Waals surface area contributed by atoms with Gasteiger partial charge in [0.1, 0.15) is 11.6 Å². The third-order valence-corrected chi connectivity index (χ3v) is 2.81. The van der Waals surface area contributed by atoms with E-state index in [1.54, 1.807) is 6.92 Å². The van der Waals surface area contributed by atoms with Crippen LogP contribution in [0, 0.1) is 11.6 Å². The molecule has 0 radical (unpaired) electrons. The zero-order valence-electron chi connectivity index (χ0n) is 10.2. The van der Waals surface area contributed by atoms with E-state index in [2.05, 4.69) is 10.1 Å².